The fraction of sp³-hybridized carbons (Fsp3) is 0.481. The van der Waals surface area contributed by atoms with E-state index in [1.807, 2.05) is 34.1 Å². The van der Waals surface area contributed by atoms with Crippen molar-refractivity contribution in [2.24, 2.45) is 5.92 Å². The van der Waals surface area contributed by atoms with E-state index in [2.05, 4.69) is 23.5 Å². The summed E-state index contributed by atoms with van der Waals surface area (Å²) in [5, 5.41) is 3.10. The molecule has 7 heteroatoms. The van der Waals surface area contributed by atoms with Crippen molar-refractivity contribution < 1.29 is 19.1 Å². The Balaban J connectivity index is 1.37. The molecule has 3 amide bonds. The van der Waals surface area contributed by atoms with Gasteiger partial charge in [0.25, 0.3) is 0 Å². The molecule has 5 rings (SSSR count). The molecule has 7 nitrogen and oxygen atoms in total. The average molecular weight is 464 g/mol. The van der Waals surface area contributed by atoms with Crippen LogP contribution < -0.4 is 14.8 Å². The maximum Gasteiger partial charge on any atom is 0.317 e. The van der Waals surface area contributed by atoms with Crippen molar-refractivity contribution in [3.05, 3.63) is 59.2 Å². The first-order valence-corrected chi connectivity index (χ1v) is 12.2. The van der Waals surface area contributed by atoms with Gasteiger partial charge in [0.05, 0.1) is 26.2 Å². The highest BCUT2D eigenvalue weighted by Crippen LogP contribution is 2.48. The molecule has 3 heterocycles. The first kappa shape index (κ1) is 22.6. The minimum absolute atomic E-state index is 0.0690. The van der Waals surface area contributed by atoms with Crippen LogP contribution in [-0.2, 0) is 17.6 Å². The van der Waals surface area contributed by atoms with E-state index in [0.29, 0.717) is 31.1 Å². The molecule has 0 bridgehead atoms. The molecule has 0 aromatic heterocycles. The maximum atomic E-state index is 13.6. The lowest BCUT2D eigenvalue weighted by Crippen LogP contribution is -2.61. The number of methoxy groups -OCH3 is 2. The molecule has 34 heavy (non-hydrogen) atoms. The summed E-state index contributed by atoms with van der Waals surface area (Å²) >= 11 is 0. The molecule has 3 atom stereocenters. The smallest absolute Gasteiger partial charge is 0.317 e. The van der Waals surface area contributed by atoms with Gasteiger partial charge in [-0.15, -0.1) is 0 Å². The van der Waals surface area contributed by atoms with Gasteiger partial charge < -0.3 is 24.6 Å². The molecular weight excluding hydrogens is 430 g/mol. The Bertz CT molecular complexity index is 1060. The fourth-order valence-electron chi connectivity index (χ4n) is 6.03. The zero-order valence-corrected chi connectivity index (χ0v) is 20.0. The number of piperidine rings is 2. The topological polar surface area (TPSA) is 71.1 Å². The lowest BCUT2D eigenvalue weighted by molar-refractivity contribution is -0.148. The first-order valence-electron chi connectivity index (χ1n) is 12.2. The minimum atomic E-state index is -0.136. The Kier molecular flexibility index (Phi) is 6.35. The van der Waals surface area contributed by atoms with Crippen molar-refractivity contribution >= 4 is 11.9 Å². The van der Waals surface area contributed by atoms with Crippen molar-refractivity contribution in [2.45, 2.75) is 44.2 Å². The van der Waals surface area contributed by atoms with Gasteiger partial charge in [0.15, 0.2) is 11.5 Å². The van der Waals surface area contributed by atoms with E-state index in [-0.39, 0.29) is 29.9 Å². The Labute approximate surface area is 201 Å². The highest BCUT2D eigenvalue weighted by molar-refractivity contribution is 5.84. The van der Waals surface area contributed by atoms with Crippen LogP contribution in [0.3, 0.4) is 0 Å². The minimum Gasteiger partial charge on any atom is -0.493 e. The van der Waals surface area contributed by atoms with Crippen LogP contribution in [0.25, 0.3) is 0 Å². The van der Waals surface area contributed by atoms with E-state index in [1.54, 1.807) is 14.2 Å². The molecule has 2 aromatic rings. The number of nitrogens with one attached hydrogen (secondary N) is 1. The Morgan fingerprint density at radius 1 is 1.09 bits per heavy atom. The second-order valence-electron chi connectivity index (χ2n) is 9.38. The van der Waals surface area contributed by atoms with Gasteiger partial charge in [0.1, 0.15) is 0 Å². The number of nitrogens with zero attached hydrogens (tertiary/aromatic N) is 2. The molecule has 0 radical (unpaired) electrons. The number of rotatable bonds is 5. The number of fused-ring (bicyclic) bond motifs is 4. The monoisotopic (exact) mass is 463 g/mol. The van der Waals surface area contributed by atoms with Gasteiger partial charge in [-0.2, -0.15) is 0 Å². The summed E-state index contributed by atoms with van der Waals surface area (Å²) in [6.07, 6.45) is 4.00. The second-order valence-corrected chi connectivity index (χ2v) is 9.38. The Morgan fingerprint density at radius 2 is 1.91 bits per heavy atom. The quantitative estimate of drug-likeness (QED) is 0.736. The number of carbonyl (C=O) groups excluding carboxylic acids is 2. The molecule has 180 valence electrons. The van der Waals surface area contributed by atoms with E-state index in [4.69, 9.17) is 9.47 Å². The third-order valence-electron chi connectivity index (χ3n) is 7.64. The maximum absolute atomic E-state index is 13.6. The number of amides is 3. The number of benzene rings is 2. The molecule has 0 spiro atoms. The molecule has 2 saturated heterocycles. The van der Waals surface area contributed by atoms with Gasteiger partial charge in [-0.25, -0.2) is 4.79 Å². The summed E-state index contributed by atoms with van der Waals surface area (Å²) in [6.45, 7) is 1.97. The van der Waals surface area contributed by atoms with Crippen LogP contribution in [-0.4, -0.2) is 61.6 Å². The number of hydrogen-bond donors (Lipinski definition) is 1. The van der Waals surface area contributed by atoms with Gasteiger partial charge in [-0.3, -0.25) is 4.79 Å². The summed E-state index contributed by atoms with van der Waals surface area (Å²) in [6, 6.07) is 13.9. The largest absolute Gasteiger partial charge is 0.493 e. The van der Waals surface area contributed by atoms with Crippen LogP contribution in [0.5, 0.6) is 11.5 Å². The molecule has 0 saturated carbocycles. The van der Waals surface area contributed by atoms with Crippen molar-refractivity contribution in [2.75, 3.05) is 33.9 Å². The fourth-order valence-corrected chi connectivity index (χ4v) is 6.03. The van der Waals surface area contributed by atoms with Gasteiger partial charge in [0, 0.05) is 31.2 Å². The average Bonchev–Trinajstić information content (AvgIpc) is 2.88. The summed E-state index contributed by atoms with van der Waals surface area (Å²) in [4.78, 5) is 30.8. The van der Waals surface area contributed by atoms with E-state index in [0.717, 1.165) is 37.7 Å². The normalized spacial score (nSPS) is 23.5. The van der Waals surface area contributed by atoms with Gasteiger partial charge in [0.2, 0.25) is 5.91 Å². The summed E-state index contributed by atoms with van der Waals surface area (Å²) in [7, 11) is 3.28. The highest BCUT2D eigenvalue weighted by Gasteiger charge is 2.49. The third kappa shape index (κ3) is 3.97. The number of hydrogen-bond acceptors (Lipinski definition) is 4. The predicted octanol–water partition coefficient (Wildman–Crippen LogP) is 3.57. The van der Waals surface area contributed by atoms with Crippen LogP contribution in [0.1, 0.15) is 42.0 Å². The van der Waals surface area contributed by atoms with E-state index < -0.39 is 0 Å². The summed E-state index contributed by atoms with van der Waals surface area (Å²) in [5.41, 5.74) is 3.43. The van der Waals surface area contributed by atoms with Crippen molar-refractivity contribution in [1.82, 2.24) is 15.1 Å². The van der Waals surface area contributed by atoms with Crippen LogP contribution in [0.2, 0.25) is 0 Å². The molecule has 2 aromatic carbocycles. The van der Waals surface area contributed by atoms with Crippen molar-refractivity contribution in [3.63, 3.8) is 0 Å². The molecule has 3 aliphatic rings. The molecule has 0 aliphatic carbocycles. The molecule has 1 N–H and O–H groups in total. The lowest BCUT2D eigenvalue weighted by Gasteiger charge is -2.51. The highest BCUT2D eigenvalue weighted by atomic mass is 16.5. The zero-order chi connectivity index (χ0) is 23.7. The third-order valence-corrected chi connectivity index (χ3v) is 7.64. The second kappa shape index (κ2) is 9.57. The van der Waals surface area contributed by atoms with E-state index in [9.17, 15) is 9.59 Å². The SMILES string of the molecule is COc1ccc2c(c1OC)[C@@H]1C[C@H]3[C@H](CCCN3C(=O)NCCc3ccccc3)C(=O)N1CC2. The molecule has 0 unspecified atom stereocenters. The van der Waals surface area contributed by atoms with Crippen LogP contribution in [0.4, 0.5) is 4.79 Å². The summed E-state index contributed by atoms with van der Waals surface area (Å²) in [5.74, 6) is 1.41. The number of ether oxygens (including phenoxy) is 2. The van der Waals surface area contributed by atoms with Gasteiger partial charge in [-0.1, -0.05) is 36.4 Å². The summed E-state index contributed by atoms with van der Waals surface area (Å²) < 4.78 is 11.3. The Morgan fingerprint density at radius 3 is 2.68 bits per heavy atom. The lowest BCUT2D eigenvalue weighted by atomic mass is 9.76. The molecule has 2 fully saturated rings. The zero-order valence-electron chi connectivity index (χ0n) is 20.0. The van der Waals surface area contributed by atoms with E-state index in [1.165, 1.54) is 11.1 Å². The van der Waals surface area contributed by atoms with Gasteiger partial charge in [-0.05, 0) is 49.3 Å². The van der Waals surface area contributed by atoms with Crippen LogP contribution >= 0.6 is 0 Å². The number of urea groups is 1. The van der Waals surface area contributed by atoms with Gasteiger partial charge >= 0.3 is 6.03 Å². The number of likely N-dealkylation sites (tertiary alicyclic amines) is 1. The standard InChI is InChI=1S/C27H33N3O4/c1-33-23-11-10-19-13-16-29-22(24(19)25(23)34-2)17-21-20(26(29)31)9-6-15-30(21)27(32)28-14-12-18-7-4-3-5-8-18/h3-5,7-8,10-11,20-22H,6,9,12-17H2,1-2H3,(H,28,32)/t20-,21-,22-/m0/s1. The van der Waals surface area contributed by atoms with Crippen LogP contribution in [0, 0.1) is 5.92 Å². The number of carbonyl (C=O) groups is 2. The van der Waals surface area contributed by atoms with Crippen LogP contribution in [0.15, 0.2) is 42.5 Å². The first-order chi connectivity index (χ1) is 16.6. The van der Waals surface area contributed by atoms with E-state index >= 15 is 0 Å². The molecular formula is C27H33N3O4. The van der Waals surface area contributed by atoms with Crippen molar-refractivity contribution in [3.8, 4) is 11.5 Å². The molecule has 3 aliphatic heterocycles. The van der Waals surface area contributed by atoms with Crippen molar-refractivity contribution in [1.29, 1.82) is 0 Å². The Hall–Kier alpha value is -3.22. The predicted molar refractivity (Wildman–Crippen MR) is 129 cm³/mol.